The summed E-state index contributed by atoms with van der Waals surface area (Å²) in [6, 6.07) is 6.31. The second kappa shape index (κ2) is 6.48. The molecule has 1 aliphatic rings. The van der Waals surface area contributed by atoms with Gasteiger partial charge in [-0.15, -0.1) is 11.6 Å². The normalized spacial score (nSPS) is 16.0. The summed E-state index contributed by atoms with van der Waals surface area (Å²) in [6.45, 7) is -0.233. The Hall–Kier alpha value is -0.670. The number of rotatable bonds is 6. The van der Waals surface area contributed by atoms with Gasteiger partial charge in [0.25, 0.3) is 6.43 Å². The molecule has 0 amide bonds. The third-order valence-corrected chi connectivity index (χ3v) is 3.71. The van der Waals surface area contributed by atoms with Crippen LogP contribution >= 0.6 is 11.6 Å². The molecule has 0 radical (unpaired) electrons. The predicted octanol–water partition coefficient (Wildman–Crippen LogP) is 4.13. The van der Waals surface area contributed by atoms with Crippen molar-refractivity contribution in [1.29, 1.82) is 0 Å². The smallest absolute Gasteiger partial charge is 0.261 e. The van der Waals surface area contributed by atoms with Crippen LogP contribution < -0.4 is 0 Å². The summed E-state index contributed by atoms with van der Waals surface area (Å²) in [4.78, 5) is 0. The lowest BCUT2D eigenvalue weighted by atomic mass is 10.0. The average Bonchev–Trinajstić information content (AvgIpc) is 2.81. The monoisotopic (exact) mass is 274 g/mol. The maximum Gasteiger partial charge on any atom is 0.261 e. The van der Waals surface area contributed by atoms with Gasteiger partial charge < -0.3 is 4.74 Å². The summed E-state index contributed by atoms with van der Waals surface area (Å²) in [5, 5.41) is -0.159. The topological polar surface area (TPSA) is 9.23 Å². The molecule has 2 rings (SSSR count). The van der Waals surface area contributed by atoms with Crippen LogP contribution in [0.3, 0.4) is 0 Å². The Kier molecular flexibility index (Phi) is 4.95. The Bertz CT molecular complexity index is 395. The van der Waals surface area contributed by atoms with E-state index in [2.05, 4.69) is 12.1 Å². The SMILES string of the molecule is FC(F)COCCC(Cl)c1ccc2c(c1)CCC2. The lowest BCUT2D eigenvalue weighted by molar-refractivity contribution is 0.0165. The summed E-state index contributed by atoms with van der Waals surface area (Å²) in [7, 11) is 0. The fraction of sp³-hybridized carbons (Fsp3) is 0.571. The van der Waals surface area contributed by atoms with Crippen molar-refractivity contribution in [2.24, 2.45) is 0 Å². The molecule has 0 saturated carbocycles. The second-order valence-electron chi connectivity index (χ2n) is 4.60. The predicted molar refractivity (Wildman–Crippen MR) is 68.5 cm³/mol. The number of hydrogen-bond donors (Lipinski definition) is 0. The number of halogens is 3. The van der Waals surface area contributed by atoms with Gasteiger partial charge in [-0.05, 0) is 42.4 Å². The largest absolute Gasteiger partial charge is 0.375 e. The van der Waals surface area contributed by atoms with Crippen LogP contribution in [0.15, 0.2) is 18.2 Å². The zero-order valence-corrected chi connectivity index (χ0v) is 10.9. The first kappa shape index (κ1) is 13.8. The summed E-state index contributed by atoms with van der Waals surface area (Å²) in [5.74, 6) is 0. The van der Waals surface area contributed by atoms with Crippen molar-refractivity contribution >= 4 is 11.6 Å². The molecule has 0 aliphatic heterocycles. The molecule has 0 fully saturated rings. The van der Waals surface area contributed by atoms with Crippen molar-refractivity contribution in [2.45, 2.75) is 37.5 Å². The molecule has 0 spiro atoms. The highest BCUT2D eigenvalue weighted by atomic mass is 35.5. The Morgan fingerprint density at radius 1 is 1.22 bits per heavy atom. The highest BCUT2D eigenvalue weighted by Crippen LogP contribution is 2.29. The standard InChI is InChI=1S/C14H17ClF2O/c15-13(6-7-18-9-14(16)17)12-5-4-10-2-1-3-11(10)8-12/h4-5,8,13-14H,1-3,6-7,9H2. The first-order valence-corrected chi connectivity index (χ1v) is 6.72. The van der Waals surface area contributed by atoms with Crippen molar-refractivity contribution in [1.82, 2.24) is 0 Å². The first-order valence-electron chi connectivity index (χ1n) is 6.28. The molecule has 1 aromatic carbocycles. The van der Waals surface area contributed by atoms with E-state index < -0.39 is 13.0 Å². The molecule has 0 heterocycles. The lowest BCUT2D eigenvalue weighted by Gasteiger charge is -2.12. The minimum Gasteiger partial charge on any atom is -0.375 e. The molecule has 1 unspecified atom stereocenters. The molecular formula is C14H17ClF2O. The van der Waals surface area contributed by atoms with Gasteiger partial charge in [0.2, 0.25) is 0 Å². The van der Waals surface area contributed by atoms with Gasteiger partial charge in [0.15, 0.2) is 0 Å². The summed E-state index contributed by atoms with van der Waals surface area (Å²) >= 11 is 6.26. The Morgan fingerprint density at radius 2 is 2.00 bits per heavy atom. The minimum absolute atomic E-state index is 0.159. The number of benzene rings is 1. The summed E-state index contributed by atoms with van der Waals surface area (Å²) in [5.41, 5.74) is 3.86. The van der Waals surface area contributed by atoms with Crippen molar-refractivity contribution < 1.29 is 13.5 Å². The molecular weight excluding hydrogens is 258 g/mol. The molecule has 0 saturated heterocycles. The summed E-state index contributed by atoms with van der Waals surface area (Å²) in [6.07, 6.45) is 1.64. The van der Waals surface area contributed by atoms with Gasteiger partial charge in [-0.1, -0.05) is 18.2 Å². The van der Waals surface area contributed by atoms with E-state index in [9.17, 15) is 8.78 Å². The highest BCUT2D eigenvalue weighted by molar-refractivity contribution is 6.20. The first-order chi connectivity index (χ1) is 8.66. The molecule has 4 heteroatoms. The number of aryl methyl sites for hydroxylation is 2. The van der Waals surface area contributed by atoms with E-state index in [1.54, 1.807) is 0 Å². The van der Waals surface area contributed by atoms with Gasteiger partial charge in [0.1, 0.15) is 6.61 Å². The van der Waals surface area contributed by atoms with Crippen LogP contribution in [0.5, 0.6) is 0 Å². The van der Waals surface area contributed by atoms with Crippen molar-refractivity contribution in [3.63, 3.8) is 0 Å². The van der Waals surface area contributed by atoms with E-state index in [1.165, 1.54) is 17.5 Å². The van der Waals surface area contributed by atoms with Gasteiger partial charge in [-0.3, -0.25) is 0 Å². The molecule has 18 heavy (non-hydrogen) atoms. The molecule has 0 N–H and O–H groups in total. The van der Waals surface area contributed by atoms with E-state index in [4.69, 9.17) is 16.3 Å². The Morgan fingerprint density at radius 3 is 2.78 bits per heavy atom. The van der Waals surface area contributed by atoms with Crippen LogP contribution in [0.1, 0.15) is 34.9 Å². The van der Waals surface area contributed by atoms with Crippen molar-refractivity contribution in [3.05, 3.63) is 34.9 Å². The third-order valence-electron chi connectivity index (χ3n) is 3.24. The zero-order valence-electron chi connectivity index (χ0n) is 10.2. The average molecular weight is 275 g/mol. The van der Waals surface area contributed by atoms with Gasteiger partial charge in [0.05, 0.1) is 5.38 Å². The van der Waals surface area contributed by atoms with E-state index in [1.807, 2.05) is 6.07 Å². The Labute approximate surface area is 111 Å². The number of ether oxygens (including phenoxy) is 1. The fourth-order valence-electron chi connectivity index (χ4n) is 2.31. The highest BCUT2D eigenvalue weighted by Gasteiger charge is 2.14. The number of fused-ring (bicyclic) bond motifs is 1. The van der Waals surface area contributed by atoms with E-state index >= 15 is 0 Å². The lowest BCUT2D eigenvalue weighted by Crippen LogP contribution is -2.07. The molecule has 1 atom stereocenters. The molecule has 1 aliphatic carbocycles. The molecule has 100 valence electrons. The van der Waals surface area contributed by atoms with Crippen LogP contribution in [0.2, 0.25) is 0 Å². The van der Waals surface area contributed by atoms with E-state index in [0.717, 1.165) is 18.4 Å². The van der Waals surface area contributed by atoms with Crippen molar-refractivity contribution in [2.75, 3.05) is 13.2 Å². The number of alkyl halides is 3. The molecule has 0 bridgehead atoms. The fourth-order valence-corrected chi connectivity index (χ4v) is 2.54. The van der Waals surface area contributed by atoms with Gasteiger partial charge in [-0.2, -0.15) is 0 Å². The van der Waals surface area contributed by atoms with Crippen LogP contribution in [-0.4, -0.2) is 19.6 Å². The van der Waals surface area contributed by atoms with Gasteiger partial charge in [-0.25, -0.2) is 8.78 Å². The van der Waals surface area contributed by atoms with Crippen molar-refractivity contribution in [3.8, 4) is 0 Å². The Balaban J connectivity index is 1.83. The minimum atomic E-state index is -2.40. The van der Waals surface area contributed by atoms with Crippen LogP contribution in [0.4, 0.5) is 8.78 Å². The molecule has 0 aromatic heterocycles. The maximum absolute atomic E-state index is 11.9. The van der Waals surface area contributed by atoms with Gasteiger partial charge in [0, 0.05) is 6.61 Å². The second-order valence-corrected chi connectivity index (χ2v) is 5.13. The van der Waals surface area contributed by atoms with E-state index in [0.29, 0.717) is 6.42 Å². The maximum atomic E-state index is 11.9. The zero-order chi connectivity index (χ0) is 13.0. The molecule has 1 nitrogen and oxygen atoms in total. The van der Waals surface area contributed by atoms with E-state index in [-0.39, 0.29) is 12.0 Å². The number of hydrogen-bond acceptors (Lipinski definition) is 1. The summed E-state index contributed by atoms with van der Waals surface area (Å²) < 4.78 is 28.6. The third kappa shape index (κ3) is 3.66. The molecule has 1 aromatic rings. The van der Waals surface area contributed by atoms with Crippen LogP contribution in [0, 0.1) is 0 Å². The van der Waals surface area contributed by atoms with Crippen LogP contribution in [-0.2, 0) is 17.6 Å². The quantitative estimate of drug-likeness (QED) is 0.560. The van der Waals surface area contributed by atoms with Crippen LogP contribution in [0.25, 0.3) is 0 Å². The van der Waals surface area contributed by atoms with Gasteiger partial charge >= 0.3 is 0 Å².